The van der Waals surface area contributed by atoms with Crippen LogP contribution in [0.3, 0.4) is 0 Å². The molecule has 2 saturated heterocycles. The maximum atomic E-state index is 5.44. The van der Waals surface area contributed by atoms with Crippen molar-refractivity contribution in [2.75, 3.05) is 39.9 Å². The van der Waals surface area contributed by atoms with E-state index in [0.717, 1.165) is 25.0 Å². The van der Waals surface area contributed by atoms with Crippen molar-refractivity contribution < 1.29 is 4.74 Å². The highest BCUT2D eigenvalue weighted by Crippen LogP contribution is 2.22. The van der Waals surface area contributed by atoms with E-state index in [9.17, 15) is 0 Å². The van der Waals surface area contributed by atoms with E-state index in [2.05, 4.69) is 24.2 Å². The van der Waals surface area contributed by atoms with Crippen molar-refractivity contribution in [2.45, 2.75) is 32.2 Å². The third-order valence-corrected chi connectivity index (χ3v) is 4.34. The average Bonchev–Trinajstić information content (AvgIpc) is 2.82. The van der Waals surface area contributed by atoms with Gasteiger partial charge in [-0.1, -0.05) is 0 Å². The van der Waals surface area contributed by atoms with Gasteiger partial charge in [0.2, 0.25) is 0 Å². The Kier molecular flexibility index (Phi) is 4.62. The standard InChI is InChI=1S/C13H26N2O/c1-11(14-2)13-3-6-15(7-4-13)9-12-5-8-16-10-12/h11-14H,3-10H2,1-2H3. The molecule has 0 spiro atoms. The van der Waals surface area contributed by atoms with E-state index in [1.54, 1.807) is 0 Å². The minimum atomic E-state index is 0.678. The molecule has 0 saturated carbocycles. The van der Waals surface area contributed by atoms with Gasteiger partial charge in [0.05, 0.1) is 6.61 Å². The first kappa shape index (κ1) is 12.3. The lowest BCUT2D eigenvalue weighted by Gasteiger charge is -2.35. The summed E-state index contributed by atoms with van der Waals surface area (Å²) in [6.45, 7) is 8.12. The van der Waals surface area contributed by atoms with Gasteiger partial charge in [-0.15, -0.1) is 0 Å². The van der Waals surface area contributed by atoms with E-state index in [-0.39, 0.29) is 0 Å². The fourth-order valence-electron chi connectivity index (χ4n) is 2.96. The second-order valence-corrected chi connectivity index (χ2v) is 5.45. The molecule has 0 bridgehead atoms. The summed E-state index contributed by atoms with van der Waals surface area (Å²) in [4.78, 5) is 2.64. The van der Waals surface area contributed by atoms with Gasteiger partial charge < -0.3 is 15.0 Å². The summed E-state index contributed by atoms with van der Waals surface area (Å²) in [5, 5.41) is 3.38. The van der Waals surface area contributed by atoms with Gasteiger partial charge in [-0.05, 0) is 58.2 Å². The summed E-state index contributed by atoms with van der Waals surface area (Å²) >= 11 is 0. The first-order chi connectivity index (χ1) is 7.79. The van der Waals surface area contributed by atoms with Crippen LogP contribution in [0.5, 0.6) is 0 Å². The van der Waals surface area contributed by atoms with E-state index in [1.165, 1.54) is 38.9 Å². The van der Waals surface area contributed by atoms with Crippen molar-refractivity contribution in [2.24, 2.45) is 11.8 Å². The summed E-state index contributed by atoms with van der Waals surface area (Å²) in [7, 11) is 2.08. The molecule has 16 heavy (non-hydrogen) atoms. The van der Waals surface area contributed by atoms with Crippen molar-refractivity contribution in [3.05, 3.63) is 0 Å². The number of nitrogens with one attached hydrogen (secondary N) is 1. The van der Waals surface area contributed by atoms with Gasteiger partial charge in [0.1, 0.15) is 0 Å². The summed E-state index contributed by atoms with van der Waals surface area (Å²) < 4.78 is 5.44. The quantitative estimate of drug-likeness (QED) is 0.783. The number of ether oxygens (including phenoxy) is 1. The van der Waals surface area contributed by atoms with Gasteiger partial charge in [0.25, 0.3) is 0 Å². The molecule has 2 aliphatic rings. The van der Waals surface area contributed by atoms with Crippen molar-refractivity contribution in [1.29, 1.82) is 0 Å². The zero-order chi connectivity index (χ0) is 11.4. The lowest BCUT2D eigenvalue weighted by atomic mass is 9.90. The van der Waals surface area contributed by atoms with Crippen LogP contribution in [-0.4, -0.2) is 50.8 Å². The third kappa shape index (κ3) is 3.19. The molecule has 1 N–H and O–H groups in total. The third-order valence-electron chi connectivity index (χ3n) is 4.34. The van der Waals surface area contributed by atoms with Gasteiger partial charge in [0, 0.05) is 19.2 Å². The monoisotopic (exact) mass is 226 g/mol. The predicted octanol–water partition coefficient (Wildman–Crippen LogP) is 1.34. The molecule has 0 radical (unpaired) electrons. The van der Waals surface area contributed by atoms with E-state index >= 15 is 0 Å². The molecule has 2 fully saturated rings. The van der Waals surface area contributed by atoms with E-state index in [4.69, 9.17) is 4.74 Å². The van der Waals surface area contributed by atoms with Crippen LogP contribution in [0.4, 0.5) is 0 Å². The fourth-order valence-corrected chi connectivity index (χ4v) is 2.96. The normalized spacial score (nSPS) is 30.8. The Balaban J connectivity index is 1.68. The molecular weight excluding hydrogens is 200 g/mol. The van der Waals surface area contributed by atoms with Gasteiger partial charge in [-0.3, -0.25) is 0 Å². The highest BCUT2D eigenvalue weighted by molar-refractivity contribution is 4.80. The number of rotatable bonds is 4. The molecule has 0 aliphatic carbocycles. The van der Waals surface area contributed by atoms with Crippen LogP contribution in [0.1, 0.15) is 26.2 Å². The van der Waals surface area contributed by atoms with Crippen LogP contribution in [0.25, 0.3) is 0 Å². The topological polar surface area (TPSA) is 24.5 Å². The summed E-state index contributed by atoms with van der Waals surface area (Å²) in [5.74, 6) is 1.68. The average molecular weight is 226 g/mol. The summed E-state index contributed by atoms with van der Waals surface area (Å²) in [6.07, 6.45) is 3.98. The molecule has 2 unspecified atom stereocenters. The lowest BCUT2D eigenvalue weighted by molar-refractivity contribution is 0.131. The Labute approximate surface area is 99.5 Å². The molecule has 0 aromatic heterocycles. The van der Waals surface area contributed by atoms with Crippen molar-refractivity contribution in [3.63, 3.8) is 0 Å². The second kappa shape index (κ2) is 5.99. The Hall–Kier alpha value is -0.120. The smallest absolute Gasteiger partial charge is 0.0507 e. The number of nitrogens with zero attached hydrogens (tertiary/aromatic N) is 1. The number of piperidine rings is 1. The molecule has 0 amide bonds. The molecule has 2 heterocycles. The zero-order valence-corrected chi connectivity index (χ0v) is 10.7. The summed E-state index contributed by atoms with van der Waals surface area (Å²) in [6, 6.07) is 0.678. The Bertz CT molecular complexity index is 196. The van der Waals surface area contributed by atoms with Crippen molar-refractivity contribution in [3.8, 4) is 0 Å². The van der Waals surface area contributed by atoms with Crippen LogP contribution < -0.4 is 5.32 Å². The van der Waals surface area contributed by atoms with Crippen LogP contribution in [0.2, 0.25) is 0 Å². The minimum absolute atomic E-state index is 0.678. The van der Waals surface area contributed by atoms with Crippen molar-refractivity contribution >= 4 is 0 Å². The number of likely N-dealkylation sites (tertiary alicyclic amines) is 1. The van der Waals surface area contributed by atoms with Gasteiger partial charge >= 0.3 is 0 Å². The van der Waals surface area contributed by atoms with Crippen LogP contribution in [0, 0.1) is 11.8 Å². The zero-order valence-electron chi connectivity index (χ0n) is 10.7. The largest absolute Gasteiger partial charge is 0.381 e. The van der Waals surface area contributed by atoms with Gasteiger partial charge in [0.15, 0.2) is 0 Å². The molecule has 0 aromatic carbocycles. The summed E-state index contributed by atoms with van der Waals surface area (Å²) in [5.41, 5.74) is 0. The van der Waals surface area contributed by atoms with E-state index in [1.807, 2.05) is 0 Å². The highest BCUT2D eigenvalue weighted by Gasteiger charge is 2.25. The van der Waals surface area contributed by atoms with Crippen LogP contribution in [-0.2, 0) is 4.74 Å². The SMILES string of the molecule is CNC(C)C1CCN(CC2CCOC2)CC1. The first-order valence-corrected chi connectivity index (χ1v) is 6.77. The molecule has 0 aromatic rings. The van der Waals surface area contributed by atoms with Crippen molar-refractivity contribution in [1.82, 2.24) is 10.2 Å². The molecular formula is C13H26N2O. The van der Waals surface area contributed by atoms with Crippen LogP contribution in [0.15, 0.2) is 0 Å². The first-order valence-electron chi connectivity index (χ1n) is 6.77. The molecule has 3 heteroatoms. The second-order valence-electron chi connectivity index (χ2n) is 5.45. The predicted molar refractivity (Wildman–Crippen MR) is 66.6 cm³/mol. The molecule has 3 nitrogen and oxygen atoms in total. The van der Waals surface area contributed by atoms with Gasteiger partial charge in [-0.25, -0.2) is 0 Å². The van der Waals surface area contributed by atoms with Gasteiger partial charge in [-0.2, -0.15) is 0 Å². The van der Waals surface area contributed by atoms with E-state index in [0.29, 0.717) is 6.04 Å². The molecule has 2 atom stereocenters. The fraction of sp³-hybridized carbons (Fsp3) is 1.00. The molecule has 2 aliphatic heterocycles. The number of hydrogen-bond donors (Lipinski definition) is 1. The Morgan fingerprint density at radius 3 is 2.62 bits per heavy atom. The highest BCUT2D eigenvalue weighted by atomic mass is 16.5. The molecule has 94 valence electrons. The molecule has 2 rings (SSSR count). The minimum Gasteiger partial charge on any atom is -0.381 e. The maximum Gasteiger partial charge on any atom is 0.0507 e. The maximum absolute atomic E-state index is 5.44. The Morgan fingerprint density at radius 1 is 1.31 bits per heavy atom. The number of hydrogen-bond acceptors (Lipinski definition) is 3. The van der Waals surface area contributed by atoms with E-state index < -0.39 is 0 Å². The Morgan fingerprint density at radius 2 is 2.06 bits per heavy atom. The van der Waals surface area contributed by atoms with Crippen LogP contribution >= 0.6 is 0 Å². The lowest BCUT2D eigenvalue weighted by Crippen LogP contribution is -2.42.